The van der Waals surface area contributed by atoms with Crippen molar-refractivity contribution in [3.8, 4) is 11.1 Å². The molecule has 1 saturated carbocycles. The number of nitrogens with one attached hydrogen (secondary N) is 1. The zero-order chi connectivity index (χ0) is 24.6. The van der Waals surface area contributed by atoms with Crippen LogP contribution in [-0.2, 0) is 14.3 Å². The van der Waals surface area contributed by atoms with Gasteiger partial charge in [0.15, 0.2) is 0 Å². The van der Waals surface area contributed by atoms with Gasteiger partial charge in [-0.05, 0) is 54.9 Å². The molecule has 7 heteroatoms. The van der Waals surface area contributed by atoms with Gasteiger partial charge in [-0.3, -0.25) is 4.79 Å². The predicted molar refractivity (Wildman–Crippen MR) is 131 cm³/mol. The summed E-state index contributed by atoms with van der Waals surface area (Å²) >= 11 is 0. The summed E-state index contributed by atoms with van der Waals surface area (Å²) in [5.74, 6) is -1.17. The number of benzene rings is 2. The first kappa shape index (κ1) is 23.4. The topological polar surface area (TPSA) is 95.9 Å². The van der Waals surface area contributed by atoms with Gasteiger partial charge in [0.2, 0.25) is 5.91 Å². The molecule has 7 nitrogen and oxygen atoms in total. The molecule has 2 aromatic rings. The van der Waals surface area contributed by atoms with Gasteiger partial charge in [-0.15, -0.1) is 0 Å². The summed E-state index contributed by atoms with van der Waals surface area (Å²) in [4.78, 5) is 39.7. The largest absolute Gasteiger partial charge is 0.480 e. The van der Waals surface area contributed by atoms with Crippen molar-refractivity contribution in [2.75, 3.05) is 13.2 Å². The van der Waals surface area contributed by atoms with Crippen molar-refractivity contribution >= 4 is 18.0 Å². The van der Waals surface area contributed by atoms with Crippen LogP contribution in [-0.4, -0.2) is 53.2 Å². The number of hydrogen-bond acceptors (Lipinski definition) is 4. The highest BCUT2D eigenvalue weighted by Crippen LogP contribution is 2.44. The molecule has 1 aliphatic heterocycles. The average Bonchev–Trinajstić information content (AvgIpc) is 3.47. The van der Waals surface area contributed by atoms with Gasteiger partial charge in [0.25, 0.3) is 0 Å². The van der Waals surface area contributed by atoms with Crippen LogP contribution in [0.25, 0.3) is 11.1 Å². The lowest BCUT2D eigenvalue weighted by atomic mass is 9.70. The smallest absolute Gasteiger partial charge is 0.407 e. The van der Waals surface area contributed by atoms with E-state index in [0.29, 0.717) is 32.2 Å². The molecule has 35 heavy (non-hydrogen) atoms. The third-order valence-corrected chi connectivity index (χ3v) is 8.13. The maximum Gasteiger partial charge on any atom is 0.407 e. The van der Waals surface area contributed by atoms with Crippen molar-refractivity contribution in [3.63, 3.8) is 0 Å². The highest BCUT2D eigenvalue weighted by molar-refractivity contribution is 5.89. The summed E-state index contributed by atoms with van der Waals surface area (Å²) in [6.07, 6.45) is 3.68. The summed E-state index contributed by atoms with van der Waals surface area (Å²) in [5, 5.41) is 12.5. The Morgan fingerprint density at radius 2 is 1.66 bits per heavy atom. The number of carboxylic acid groups (broad SMARTS) is 1. The number of carboxylic acids is 1. The fraction of sp³-hybridized carbons (Fsp3) is 0.464. The molecule has 5 rings (SSSR count). The van der Waals surface area contributed by atoms with Gasteiger partial charge in [0, 0.05) is 18.5 Å². The maximum atomic E-state index is 13.5. The zero-order valence-electron chi connectivity index (χ0n) is 20.0. The molecular formula is C28H32N2O5. The number of alkyl carbamates (subject to hydrolysis) is 1. The highest BCUT2D eigenvalue weighted by Gasteiger charge is 2.49. The third kappa shape index (κ3) is 4.17. The van der Waals surface area contributed by atoms with Crippen molar-refractivity contribution < 1.29 is 24.2 Å². The van der Waals surface area contributed by atoms with Crippen molar-refractivity contribution in [1.82, 2.24) is 10.2 Å². The minimum absolute atomic E-state index is 0.0338. The van der Waals surface area contributed by atoms with E-state index in [4.69, 9.17) is 4.74 Å². The van der Waals surface area contributed by atoms with Gasteiger partial charge in [-0.1, -0.05) is 61.4 Å². The van der Waals surface area contributed by atoms with Crippen molar-refractivity contribution in [2.24, 2.45) is 5.41 Å². The number of carbonyl (C=O) groups excluding carboxylic acids is 2. The Balaban J connectivity index is 1.28. The normalized spacial score (nSPS) is 25.6. The fourth-order valence-corrected chi connectivity index (χ4v) is 6.20. The zero-order valence-corrected chi connectivity index (χ0v) is 20.0. The van der Waals surface area contributed by atoms with E-state index >= 15 is 0 Å². The number of ether oxygens (including phenoxy) is 1. The Labute approximate surface area is 205 Å². The second-order valence-electron chi connectivity index (χ2n) is 10.2. The van der Waals surface area contributed by atoms with Gasteiger partial charge >= 0.3 is 12.1 Å². The number of hydrogen-bond donors (Lipinski definition) is 2. The lowest BCUT2D eigenvalue weighted by Gasteiger charge is -2.43. The molecule has 1 heterocycles. The Morgan fingerprint density at radius 1 is 1.00 bits per heavy atom. The summed E-state index contributed by atoms with van der Waals surface area (Å²) in [6.45, 7) is 2.52. The average molecular weight is 477 g/mol. The summed E-state index contributed by atoms with van der Waals surface area (Å²) in [5.41, 5.74) is 3.78. The second kappa shape index (κ2) is 9.36. The van der Waals surface area contributed by atoms with Crippen molar-refractivity contribution in [3.05, 3.63) is 59.7 Å². The lowest BCUT2D eigenvalue weighted by Crippen LogP contribution is -2.58. The fourth-order valence-electron chi connectivity index (χ4n) is 6.20. The lowest BCUT2D eigenvalue weighted by molar-refractivity contribution is -0.154. The van der Waals surface area contributed by atoms with Gasteiger partial charge in [0.05, 0.1) is 5.41 Å². The van der Waals surface area contributed by atoms with E-state index in [0.717, 1.165) is 24.0 Å². The highest BCUT2D eigenvalue weighted by atomic mass is 16.5. The molecule has 0 radical (unpaired) electrons. The summed E-state index contributed by atoms with van der Waals surface area (Å²) in [6, 6.07) is 15.2. The Kier molecular flexibility index (Phi) is 6.26. The first-order valence-corrected chi connectivity index (χ1v) is 12.6. The van der Waals surface area contributed by atoms with Crippen molar-refractivity contribution in [1.29, 1.82) is 0 Å². The van der Waals surface area contributed by atoms with Crippen LogP contribution in [0.5, 0.6) is 0 Å². The van der Waals surface area contributed by atoms with E-state index in [1.54, 1.807) is 0 Å². The van der Waals surface area contributed by atoms with E-state index in [9.17, 15) is 19.5 Å². The molecule has 0 bridgehead atoms. The molecule has 2 fully saturated rings. The molecule has 2 unspecified atom stereocenters. The number of aliphatic carboxylic acids is 1. The SMILES string of the molecule is CC1(C(=O)N2CCC[C@H]2C(=O)O)CCCCC1NC(=O)OCC1c2ccccc2-c2ccccc21. The Morgan fingerprint density at radius 3 is 2.31 bits per heavy atom. The summed E-state index contributed by atoms with van der Waals surface area (Å²) < 4.78 is 5.73. The Hall–Kier alpha value is -3.35. The minimum atomic E-state index is -0.962. The van der Waals surface area contributed by atoms with E-state index in [1.165, 1.54) is 16.0 Å². The molecule has 2 aliphatic carbocycles. The monoisotopic (exact) mass is 476 g/mol. The van der Waals surface area contributed by atoms with E-state index in [-0.39, 0.29) is 18.4 Å². The van der Waals surface area contributed by atoms with E-state index in [1.807, 2.05) is 31.2 Å². The molecule has 0 spiro atoms. The van der Waals surface area contributed by atoms with Crippen LogP contribution in [0.4, 0.5) is 4.79 Å². The van der Waals surface area contributed by atoms with Crippen LogP contribution < -0.4 is 5.32 Å². The van der Waals surface area contributed by atoms with Crippen LogP contribution in [0, 0.1) is 5.41 Å². The molecule has 184 valence electrons. The first-order chi connectivity index (χ1) is 16.9. The second-order valence-corrected chi connectivity index (χ2v) is 10.2. The van der Waals surface area contributed by atoms with Gasteiger partial charge in [-0.25, -0.2) is 9.59 Å². The number of likely N-dealkylation sites (tertiary alicyclic amines) is 1. The number of rotatable bonds is 5. The third-order valence-electron chi connectivity index (χ3n) is 8.13. The van der Waals surface area contributed by atoms with Crippen LogP contribution >= 0.6 is 0 Å². The summed E-state index contributed by atoms with van der Waals surface area (Å²) in [7, 11) is 0. The van der Waals surface area contributed by atoms with Crippen LogP contribution in [0.1, 0.15) is 62.5 Å². The molecular weight excluding hydrogens is 444 g/mol. The van der Waals surface area contributed by atoms with Gasteiger partial charge in [0.1, 0.15) is 12.6 Å². The molecule has 2 aromatic carbocycles. The molecule has 3 atom stereocenters. The van der Waals surface area contributed by atoms with E-state index in [2.05, 4.69) is 29.6 Å². The van der Waals surface area contributed by atoms with Gasteiger partial charge in [-0.2, -0.15) is 0 Å². The molecule has 3 aliphatic rings. The molecule has 0 aromatic heterocycles. The minimum Gasteiger partial charge on any atom is -0.480 e. The number of nitrogens with zero attached hydrogens (tertiary/aromatic N) is 1. The molecule has 1 saturated heterocycles. The van der Waals surface area contributed by atoms with Gasteiger partial charge < -0.3 is 20.1 Å². The van der Waals surface area contributed by atoms with E-state index < -0.39 is 29.6 Å². The standard InChI is InChI=1S/C28H32N2O5/c1-28(26(33)30-16-8-13-23(30)25(31)32)15-7-6-14-24(28)29-27(34)35-17-22-20-11-4-2-9-18(20)19-10-3-5-12-21(19)22/h2-5,9-12,22-24H,6-8,13-17H2,1H3,(H,29,34)(H,31,32)/t23-,24?,28?/m0/s1. The Bertz CT molecular complexity index is 1100. The van der Waals surface area contributed by atoms with Crippen LogP contribution in [0.3, 0.4) is 0 Å². The quantitative estimate of drug-likeness (QED) is 0.660. The number of carbonyl (C=O) groups is 3. The number of fused-ring (bicyclic) bond motifs is 3. The first-order valence-electron chi connectivity index (χ1n) is 12.6. The molecule has 2 N–H and O–H groups in total. The maximum absolute atomic E-state index is 13.5. The number of amides is 2. The predicted octanol–water partition coefficient (Wildman–Crippen LogP) is 4.55. The van der Waals surface area contributed by atoms with Crippen LogP contribution in [0.15, 0.2) is 48.5 Å². The van der Waals surface area contributed by atoms with Crippen molar-refractivity contribution in [2.45, 2.75) is 63.5 Å². The molecule has 2 amide bonds. The van der Waals surface area contributed by atoms with Crippen LogP contribution in [0.2, 0.25) is 0 Å².